The maximum Gasteiger partial charge on any atom is 0.00127 e. The van der Waals surface area contributed by atoms with Crippen LogP contribution in [0.3, 0.4) is 0 Å². The summed E-state index contributed by atoms with van der Waals surface area (Å²) < 4.78 is 0. The van der Waals surface area contributed by atoms with E-state index < -0.39 is 0 Å². The zero-order valence-corrected chi connectivity index (χ0v) is 23.0. The molecule has 5 saturated heterocycles. The predicted octanol–water partition coefficient (Wildman–Crippen LogP) is 8.69. The SMILES string of the molecule is C1CCCCCCN2C[C@H]3CCCCCCCCCCN4CC[C@H]([C@H](C3)C2)[C@@H](CCCCC1)C4. The van der Waals surface area contributed by atoms with Gasteiger partial charge in [0.15, 0.2) is 0 Å². The minimum absolute atomic E-state index is 0.991. The van der Waals surface area contributed by atoms with Gasteiger partial charge in [0.25, 0.3) is 0 Å². The Morgan fingerprint density at radius 2 is 0.853 bits per heavy atom. The first-order valence-electron chi connectivity index (χ1n) is 16.3. The quantitative estimate of drug-likeness (QED) is 0.348. The smallest absolute Gasteiger partial charge is 0.00127 e. The Hall–Kier alpha value is -0.0800. The molecule has 0 aromatic rings. The highest BCUT2D eigenvalue weighted by molar-refractivity contribution is 4.90. The van der Waals surface area contributed by atoms with Gasteiger partial charge in [0.2, 0.25) is 0 Å². The summed E-state index contributed by atoms with van der Waals surface area (Å²) >= 11 is 0. The highest BCUT2D eigenvalue weighted by Crippen LogP contribution is 2.40. The van der Waals surface area contributed by atoms with Crippen molar-refractivity contribution in [3.8, 4) is 0 Å². The van der Waals surface area contributed by atoms with E-state index in [1.807, 2.05) is 0 Å². The van der Waals surface area contributed by atoms with Crippen LogP contribution in [0, 0.1) is 23.7 Å². The Kier molecular flexibility index (Phi) is 12.6. The molecular formula is C32H60N2. The highest BCUT2D eigenvalue weighted by atomic mass is 15.1. The first kappa shape index (κ1) is 27.0. The molecule has 5 fully saturated rings. The van der Waals surface area contributed by atoms with E-state index >= 15 is 0 Å². The van der Waals surface area contributed by atoms with Crippen LogP contribution >= 0.6 is 0 Å². The molecular weight excluding hydrogens is 412 g/mol. The Morgan fingerprint density at radius 1 is 0.353 bits per heavy atom. The second-order valence-electron chi connectivity index (χ2n) is 13.1. The molecule has 0 amide bonds. The molecule has 2 nitrogen and oxygen atoms in total. The van der Waals surface area contributed by atoms with Crippen LogP contribution in [-0.2, 0) is 0 Å². The van der Waals surface area contributed by atoms with Gasteiger partial charge in [-0.3, -0.25) is 0 Å². The van der Waals surface area contributed by atoms with E-state index in [1.54, 1.807) is 6.42 Å². The fourth-order valence-electron chi connectivity index (χ4n) is 8.29. The van der Waals surface area contributed by atoms with E-state index in [2.05, 4.69) is 9.80 Å². The molecule has 6 bridgehead atoms. The van der Waals surface area contributed by atoms with Gasteiger partial charge in [0.05, 0.1) is 0 Å². The lowest BCUT2D eigenvalue weighted by Gasteiger charge is -2.47. The minimum atomic E-state index is 0.991. The molecule has 5 rings (SSSR count). The van der Waals surface area contributed by atoms with E-state index in [0.717, 1.165) is 23.7 Å². The van der Waals surface area contributed by atoms with Crippen molar-refractivity contribution < 1.29 is 0 Å². The van der Waals surface area contributed by atoms with Crippen molar-refractivity contribution >= 4 is 0 Å². The standard InChI is InChI=1S/C32H60N2/c1-2-5-10-14-18-23-34-26-29-19-15-11-7-4-6-9-13-17-22-33-24-21-32(31(25-29)28-34)30(27-33)20-16-12-8-3-1/h29-32H,1-28H2/t29-,30-,31+,32-/m0/s1. The molecule has 2 heteroatoms. The molecule has 0 aliphatic carbocycles. The van der Waals surface area contributed by atoms with Gasteiger partial charge in [-0.15, -0.1) is 0 Å². The molecule has 0 aromatic carbocycles. The summed E-state index contributed by atoms with van der Waals surface area (Å²) in [6.07, 6.45) is 33.0. The Bertz CT molecular complexity index is 505. The van der Waals surface area contributed by atoms with Crippen LogP contribution in [0.4, 0.5) is 0 Å². The maximum atomic E-state index is 2.97. The van der Waals surface area contributed by atoms with Crippen LogP contribution in [0.1, 0.15) is 141 Å². The summed E-state index contributed by atoms with van der Waals surface area (Å²) in [6.45, 7) is 8.50. The molecule has 5 aliphatic heterocycles. The monoisotopic (exact) mass is 472 g/mol. The third-order valence-corrected chi connectivity index (χ3v) is 10.3. The fourth-order valence-corrected chi connectivity index (χ4v) is 8.29. The van der Waals surface area contributed by atoms with Crippen molar-refractivity contribution in [3.63, 3.8) is 0 Å². The van der Waals surface area contributed by atoms with E-state index in [0.29, 0.717) is 0 Å². The zero-order chi connectivity index (χ0) is 23.3. The Morgan fingerprint density at radius 3 is 1.50 bits per heavy atom. The summed E-state index contributed by atoms with van der Waals surface area (Å²) in [5.74, 6) is 4.01. The van der Waals surface area contributed by atoms with Crippen LogP contribution in [0.2, 0.25) is 0 Å². The molecule has 5 aliphatic rings. The first-order valence-corrected chi connectivity index (χ1v) is 16.3. The number of piperidine rings is 2. The van der Waals surface area contributed by atoms with Crippen molar-refractivity contribution in [2.45, 2.75) is 141 Å². The van der Waals surface area contributed by atoms with E-state index in [9.17, 15) is 0 Å². The second-order valence-corrected chi connectivity index (χ2v) is 13.1. The molecule has 0 saturated carbocycles. The molecule has 0 N–H and O–H groups in total. The lowest BCUT2D eigenvalue weighted by atomic mass is 9.69. The number of fused-ring (bicyclic) bond motifs is 11. The van der Waals surface area contributed by atoms with Crippen LogP contribution in [0.15, 0.2) is 0 Å². The highest BCUT2D eigenvalue weighted by Gasteiger charge is 2.38. The number of rotatable bonds is 0. The van der Waals surface area contributed by atoms with E-state index in [4.69, 9.17) is 0 Å². The average Bonchev–Trinajstić information content (AvgIpc) is 2.85. The molecule has 0 radical (unpaired) electrons. The van der Waals surface area contributed by atoms with Gasteiger partial charge in [-0.05, 0) is 81.8 Å². The fraction of sp³-hybridized carbons (Fsp3) is 1.00. The number of hydrogen-bond donors (Lipinski definition) is 0. The van der Waals surface area contributed by atoms with Crippen molar-refractivity contribution in [1.29, 1.82) is 0 Å². The number of hydrogen-bond acceptors (Lipinski definition) is 2. The van der Waals surface area contributed by atoms with Gasteiger partial charge in [-0.25, -0.2) is 0 Å². The average molecular weight is 473 g/mol. The predicted molar refractivity (Wildman–Crippen MR) is 148 cm³/mol. The van der Waals surface area contributed by atoms with Crippen LogP contribution < -0.4 is 0 Å². The molecule has 0 spiro atoms. The third-order valence-electron chi connectivity index (χ3n) is 10.3. The largest absolute Gasteiger partial charge is 0.303 e. The normalized spacial score (nSPS) is 38.8. The Balaban J connectivity index is 1.44. The topological polar surface area (TPSA) is 6.48 Å². The van der Waals surface area contributed by atoms with Gasteiger partial charge in [0, 0.05) is 19.6 Å². The molecule has 34 heavy (non-hydrogen) atoms. The number of nitrogens with zero attached hydrogens (tertiary/aromatic N) is 2. The van der Waals surface area contributed by atoms with Gasteiger partial charge in [-0.2, -0.15) is 0 Å². The summed E-state index contributed by atoms with van der Waals surface area (Å²) in [5, 5.41) is 0. The van der Waals surface area contributed by atoms with Crippen LogP contribution in [0.25, 0.3) is 0 Å². The summed E-state index contributed by atoms with van der Waals surface area (Å²) in [7, 11) is 0. The zero-order valence-electron chi connectivity index (χ0n) is 23.0. The summed E-state index contributed by atoms with van der Waals surface area (Å²) in [6, 6.07) is 0. The van der Waals surface area contributed by atoms with Crippen molar-refractivity contribution in [2.24, 2.45) is 23.7 Å². The molecule has 6 atom stereocenters. The summed E-state index contributed by atoms with van der Waals surface area (Å²) in [5.41, 5.74) is 0. The second kappa shape index (κ2) is 15.9. The van der Waals surface area contributed by atoms with Gasteiger partial charge in [0.1, 0.15) is 0 Å². The lowest BCUT2D eigenvalue weighted by molar-refractivity contribution is 0.0185. The Labute approximate surface area is 214 Å². The van der Waals surface area contributed by atoms with E-state index in [1.165, 1.54) is 174 Å². The van der Waals surface area contributed by atoms with Crippen molar-refractivity contribution in [3.05, 3.63) is 0 Å². The molecule has 198 valence electrons. The van der Waals surface area contributed by atoms with Gasteiger partial charge in [-0.1, -0.05) is 103 Å². The summed E-state index contributed by atoms with van der Waals surface area (Å²) in [4.78, 5) is 5.87. The molecule has 0 aromatic heterocycles. The van der Waals surface area contributed by atoms with Crippen LogP contribution in [-0.4, -0.2) is 49.1 Å². The lowest BCUT2D eigenvalue weighted by Crippen LogP contribution is -2.49. The minimum Gasteiger partial charge on any atom is -0.303 e. The van der Waals surface area contributed by atoms with E-state index in [-0.39, 0.29) is 0 Å². The van der Waals surface area contributed by atoms with Crippen LogP contribution in [0.5, 0.6) is 0 Å². The third kappa shape index (κ3) is 9.42. The van der Waals surface area contributed by atoms with Gasteiger partial charge >= 0.3 is 0 Å². The van der Waals surface area contributed by atoms with Crippen molar-refractivity contribution in [2.75, 3.05) is 39.3 Å². The molecule has 2 unspecified atom stereocenters. The molecule has 5 heterocycles. The first-order chi connectivity index (χ1) is 16.9. The maximum absolute atomic E-state index is 2.97. The van der Waals surface area contributed by atoms with Gasteiger partial charge < -0.3 is 9.80 Å². The van der Waals surface area contributed by atoms with Crippen molar-refractivity contribution in [1.82, 2.24) is 9.80 Å².